The Kier molecular flexibility index (Phi) is 5.93. The lowest BCUT2D eigenvalue weighted by atomic mass is 10.0. The lowest BCUT2D eigenvalue weighted by Crippen LogP contribution is -2.44. The summed E-state index contributed by atoms with van der Waals surface area (Å²) in [5.74, 6) is 0.107. The number of nitrogens with one attached hydrogen (secondary N) is 1. The molecule has 2 heterocycles. The highest BCUT2D eigenvalue weighted by Crippen LogP contribution is 2.40. The van der Waals surface area contributed by atoms with Crippen LogP contribution in [0.2, 0.25) is 0 Å². The zero-order chi connectivity index (χ0) is 21.3. The third kappa shape index (κ3) is 4.73. The Morgan fingerprint density at radius 3 is 2.50 bits per heavy atom. The largest absolute Gasteiger partial charge is 0.379 e. The van der Waals surface area contributed by atoms with Gasteiger partial charge < -0.3 is 10.1 Å². The van der Waals surface area contributed by atoms with Gasteiger partial charge in [0.05, 0.1) is 30.5 Å². The molecule has 4 rings (SSSR count). The predicted octanol–water partition coefficient (Wildman–Crippen LogP) is 3.46. The first kappa shape index (κ1) is 21.0. The van der Waals surface area contributed by atoms with Crippen molar-refractivity contribution in [2.24, 2.45) is 0 Å². The lowest BCUT2D eigenvalue weighted by Gasteiger charge is -2.35. The normalized spacial score (nSPS) is 18.9. The van der Waals surface area contributed by atoms with Gasteiger partial charge in [0.25, 0.3) is 5.91 Å². The monoisotopic (exact) mass is 414 g/mol. The Bertz CT molecular complexity index is 878. The number of carbonyl (C=O) groups excluding carboxylic acids is 1. The van der Waals surface area contributed by atoms with Crippen molar-refractivity contribution < 1.29 is 13.9 Å². The molecule has 1 amide bonds. The van der Waals surface area contributed by atoms with Crippen LogP contribution in [0.25, 0.3) is 0 Å². The van der Waals surface area contributed by atoms with Crippen molar-refractivity contribution in [2.75, 3.05) is 32.8 Å². The molecule has 1 N–H and O–H groups in total. The van der Waals surface area contributed by atoms with Crippen LogP contribution < -0.4 is 5.32 Å². The highest BCUT2D eigenvalue weighted by atomic mass is 19.1. The zero-order valence-corrected chi connectivity index (χ0v) is 18.0. The summed E-state index contributed by atoms with van der Waals surface area (Å²) >= 11 is 0. The van der Waals surface area contributed by atoms with E-state index in [1.807, 2.05) is 10.7 Å². The van der Waals surface area contributed by atoms with Gasteiger partial charge in [0, 0.05) is 25.6 Å². The molecule has 1 aliphatic carbocycles. The van der Waals surface area contributed by atoms with Crippen LogP contribution in [-0.4, -0.2) is 53.4 Å². The van der Waals surface area contributed by atoms with Gasteiger partial charge in [0.1, 0.15) is 11.5 Å². The van der Waals surface area contributed by atoms with Crippen molar-refractivity contribution in [2.45, 2.75) is 51.1 Å². The maximum Gasteiger partial charge on any atom is 0.269 e. The second-order valence-corrected chi connectivity index (χ2v) is 9.24. The molecule has 162 valence electrons. The molecule has 1 aliphatic heterocycles. The minimum atomic E-state index is -0.277. The summed E-state index contributed by atoms with van der Waals surface area (Å²) in [6.45, 7) is 9.50. The summed E-state index contributed by atoms with van der Waals surface area (Å²) in [4.78, 5) is 15.5. The fourth-order valence-corrected chi connectivity index (χ4v) is 3.96. The molecule has 7 heteroatoms. The van der Waals surface area contributed by atoms with Gasteiger partial charge in [-0.15, -0.1) is 0 Å². The molecule has 6 nitrogen and oxygen atoms in total. The standard InChI is InChI=1S/C23H31FN4O2/c1-23(2,3)28-20(14-19(26-28)16-4-5-16)22(29)25-15-21(27-10-12-30-13-11-27)17-6-8-18(24)9-7-17/h6-9,14,16,21H,4-5,10-13,15H2,1-3H3,(H,25,29). The van der Waals surface area contributed by atoms with Gasteiger partial charge in [-0.25, -0.2) is 4.39 Å². The number of morpholine rings is 1. The van der Waals surface area contributed by atoms with E-state index in [1.165, 1.54) is 12.1 Å². The van der Waals surface area contributed by atoms with Crippen molar-refractivity contribution in [3.8, 4) is 0 Å². The predicted molar refractivity (Wildman–Crippen MR) is 113 cm³/mol. The number of hydrogen-bond acceptors (Lipinski definition) is 4. The average Bonchev–Trinajstić information content (AvgIpc) is 3.47. The minimum absolute atomic E-state index is 0.0349. The number of hydrogen-bond donors (Lipinski definition) is 1. The molecule has 2 aliphatic rings. The van der Waals surface area contributed by atoms with E-state index < -0.39 is 0 Å². The second-order valence-electron chi connectivity index (χ2n) is 9.24. The minimum Gasteiger partial charge on any atom is -0.379 e. The molecule has 1 unspecified atom stereocenters. The third-order valence-corrected chi connectivity index (χ3v) is 5.79. The molecule has 1 aromatic heterocycles. The van der Waals surface area contributed by atoms with Crippen molar-refractivity contribution in [3.05, 3.63) is 53.1 Å². The van der Waals surface area contributed by atoms with Gasteiger partial charge in [0.2, 0.25) is 0 Å². The number of benzene rings is 1. The molecule has 1 atom stereocenters. The molecule has 1 saturated carbocycles. The van der Waals surface area contributed by atoms with E-state index in [-0.39, 0.29) is 23.3 Å². The lowest BCUT2D eigenvalue weighted by molar-refractivity contribution is 0.0161. The van der Waals surface area contributed by atoms with E-state index in [9.17, 15) is 9.18 Å². The number of nitrogens with zero attached hydrogens (tertiary/aromatic N) is 3. The molecular formula is C23H31FN4O2. The number of ether oxygens (including phenoxy) is 1. The Balaban J connectivity index is 1.53. The Hall–Kier alpha value is -2.25. The quantitative estimate of drug-likeness (QED) is 0.787. The summed E-state index contributed by atoms with van der Waals surface area (Å²) in [5, 5.41) is 7.86. The summed E-state index contributed by atoms with van der Waals surface area (Å²) in [6, 6.07) is 8.45. The molecule has 1 saturated heterocycles. The molecule has 2 fully saturated rings. The number of amides is 1. The van der Waals surface area contributed by atoms with Crippen LogP contribution in [0.1, 0.15) is 67.3 Å². The van der Waals surface area contributed by atoms with Gasteiger partial charge in [0.15, 0.2) is 0 Å². The average molecular weight is 415 g/mol. The molecule has 1 aromatic carbocycles. The Morgan fingerprint density at radius 1 is 1.23 bits per heavy atom. The van der Waals surface area contributed by atoms with E-state index in [2.05, 4.69) is 31.0 Å². The first-order chi connectivity index (χ1) is 14.3. The van der Waals surface area contributed by atoms with Gasteiger partial charge in [-0.1, -0.05) is 12.1 Å². The molecule has 0 radical (unpaired) electrons. The number of rotatable bonds is 6. The highest BCUT2D eigenvalue weighted by Gasteiger charge is 2.32. The smallest absolute Gasteiger partial charge is 0.269 e. The topological polar surface area (TPSA) is 59.4 Å². The first-order valence-electron chi connectivity index (χ1n) is 10.8. The maximum absolute atomic E-state index is 13.4. The highest BCUT2D eigenvalue weighted by molar-refractivity contribution is 5.92. The van der Waals surface area contributed by atoms with Crippen molar-refractivity contribution in [3.63, 3.8) is 0 Å². The fraction of sp³-hybridized carbons (Fsp3) is 0.565. The zero-order valence-electron chi connectivity index (χ0n) is 18.0. The fourth-order valence-electron chi connectivity index (χ4n) is 3.96. The molecule has 0 spiro atoms. The molecular weight excluding hydrogens is 383 g/mol. The maximum atomic E-state index is 13.4. The summed E-state index contributed by atoms with van der Waals surface area (Å²) in [5.41, 5.74) is 2.32. The third-order valence-electron chi connectivity index (χ3n) is 5.79. The van der Waals surface area contributed by atoms with Crippen LogP contribution in [0.15, 0.2) is 30.3 Å². The second kappa shape index (κ2) is 8.47. The first-order valence-corrected chi connectivity index (χ1v) is 10.8. The summed E-state index contributed by atoms with van der Waals surface area (Å²) < 4.78 is 20.8. The molecule has 0 bridgehead atoms. The van der Waals surface area contributed by atoms with Crippen LogP contribution >= 0.6 is 0 Å². The van der Waals surface area contributed by atoms with Crippen LogP contribution in [-0.2, 0) is 10.3 Å². The van der Waals surface area contributed by atoms with Crippen molar-refractivity contribution in [1.29, 1.82) is 0 Å². The van der Waals surface area contributed by atoms with Crippen molar-refractivity contribution in [1.82, 2.24) is 20.0 Å². The van der Waals surface area contributed by atoms with Crippen LogP contribution in [0.3, 0.4) is 0 Å². The number of halogens is 1. The van der Waals surface area contributed by atoms with Crippen LogP contribution in [0.5, 0.6) is 0 Å². The SMILES string of the molecule is CC(C)(C)n1nc(C2CC2)cc1C(=O)NCC(c1ccc(F)cc1)N1CCOCC1. The number of carbonyl (C=O) groups is 1. The van der Waals surface area contributed by atoms with Gasteiger partial charge >= 0.3 is 0 Å². The Labute approximate surface area is 177 Å². The number of aromatic nitrogens is 2. The van der Waals surface area contributed by atoms with E-state index in [0.29, 0.717) is 31.4 Å². The molecule has 2 aromatic rings. The van der Waals surface area contributed by atoms with E-state index >= 15 is 0 Å². The van der Waals surface area contributed by atoms with Gasteiger partial charge in [-0.2, -0.15) is 5.10 Å². The summed E-state index contributed by atoms with van der Waals surface area (Å²) in [6.07, 6.45) is 2.29. The van der Waals surface area contributed by atoms with E-state index in [4.69, 9.17) is 9.84 Å². The van der Waals surface area contributed by atoms with E-state index in [1.54, 1.807) is 12.1 Å². The summed E-state index contributed by atoms with van der Waals surface area (Å²) in [7, 11) is 0. The molecule has 30 heavy (non-hydrogen) atoms. The van der Waals surface area contributed by atoms with Crippen LogP contribution in [0.4, 0.5) is 4.39 Å². The van der Waals surface area contributed by atoms with Crippen molar-refractivity contribution >= 4 is 5.91 Å². The van der Waals surface area contributed by atoms with Crippen LogP contribution in [0, 0.1) is 5.82 Å². The van der Waals surface area contributed by atoms with E-state index in [0.717, 1.165) is 37.2 Å². The Morgan fingerprint density at radius 2 is 1.90 bits per heavy atom. The van der Waals surface area contributed by atoms with Gasteiger partial charge in [-0.05, 0) is 57.4 Å². The van der Waals surface area contributed by atoms with Gasteiger partial charge in [-0.3, -0.25) is 14.4 Å².